The number of rotatable bonds is 3. The summed E-state index contributed by atoms with van der Waals surface area (Å²) in [5.41, 5.74) is 10.2. The minimum Gasteiger partial charge on any atom is -0.120 e. The molecule has 0 aliphatic heterocycles. The van der Waals surface area contributed by atoms with Gasteiger partial charge < -0.3 is 0 Å². The molecule has 146 valence electrons. The molecule has 0 radical (unpaired) electrons. The van der Waals surface area contributed by atoms with Gasteiger partial charge in [-0.1, -0.05) is 97.1 Å². The maximum absolute atomic E-state index is 7.27. The van der Waals surface area contributed by atoms with Crippen LogP contribution in [-0.2, 0) is 0 Å². The molecule has 2 aliphatic rings. The fourth-order valence-corrected chi connectivity index (χ4v) is 6.28. The van der Waals surface area contributed by atoms with Crippen LogP contribution in [0.4, 0.5) is 0 Å². The smallest absolute Gasteiger partial charge is 0.0618 e. The number of hydrogen-bond acceptors (Lipinski definition) is 0. The Hall–Kier alpha value is -2.54. The lowest BCUT2D eigenvalue weighted by molar-refractivity contribution is 0.643. The van der Waals surface area contributed by atoms with E-state index < -0.39 is 0 Å². The van der Waals surface area contributed by atoms with Crippen molar-refractivity contribution in [2.75, 3.05) is 0 Å². The zero-order valence-corrected chi connectivity index (χ0v) is 17.8. The average Bonchev–Trinajstić information content (AvgIpc) is 3.31. The second-order valence-corrected chi connectivity index (χ2v) is 9.20. The van der Waals surface area contributed by atoms with Gasteiger partial charge in [-0.25, -0.2) is 0 Å². The molecule has 2 atom stereocenters. The Kier molecular flexibility index (Phi) is 4.26. The Morgan fingerprint density at radius 1 is 0.400 bits per heavy atom. The van der Waals surface area contributed by atoms with E-state index in [1.165, 1.54) is 44.5 Å². The summed E-state index contributed by atoms with van der Waals surface area (Å²) < 4.78 is 0. The summed E-state index contributed by atoms with van der Waals surface area (Å²) in [5, 5.41) is -0.471. The summed E-state index contributed by atoms with van der Waals surface area (Å²) in [7, 11) is 0. The Balaban J connectivity index is 1.47. The second kappa shape index (κ2) is 7.01. The van der Waals surface area contributed by atoms with Crippen molar-refractivity contribution in [3.63, 3.8) is 0 Å². The molecule has 0 amide bonds. The first-order chi connectivity index (χ1) is 14.8. The molecule has 4 aromatic rings. The van der Waals surface area contributed by atoms with Crippen molar-refractivity contribution < 1.29 is 0 Å². The normalized spacial score (nSPS) is 16.5. The van der Waals surface area contributed by atoms with Gasteiger partial charge in [0.05, 0.1) is 10.8 Å². The molecule has 0 heterocycles. The predicted octanol–water partition coefficient (Wildman–Crippen LogP) is 7.83. The summed E-state index contributed by atoms with van der Waals surface area (Å²) in [5.74, 6) is 0.169. The predicted molar refractivity (Wildman–Crippen MR) is 127 cm³/mol. The van der Waals surface area contributed by atoms with Crippen LogP contribution in [-0.4, -0.2) is 10.8 Å². The summed E-state index contributed by atoms with van der Waals surface area (Å²) in [6.45, 7) is 0. The van der Waals surface area contributed by atoms with Crippen molar-refractivity contribution >= 4 is 23.2 Å². The zero-order chi connectivity index (χ0) is 20.2. The molecular weight excluding hydrogens is 407 g/mol. The van der Waals surface area contributed by atoms with Gasteiger partial charge in [0.25, 0.3) is 0 Å². The molecule has 0 bridgehead atoms. The molecule has 0 saturated carbocycles. The molecule has 4 aromatic carbocycles. The van der Waals surface area contributed by atoms with Gasteiger partial charge in [0.1, 0.15) is 0 Å². The molecule has 0 saturated heterocycles. The van der Waals surface area contributed by atoms with E-state index in [0.717, 1.165) is 0 Å². The molecule has 0 N–H and O–H groups in total. The van der Waals surface area contributed by atoms with E-state index in [2.05, 4.69) is 97.1 Å². The van der Waals surface area contributed by atoms with Crippen LogP contribution in [0.25, 0.3) is 22.3 Å². The molecule has 2 heteroatoms. The molecule has 0 aromatic heterocycles. The molecule has 0 fully saturated rings. The largest absolute Gasteiger partial charge is 0.120 e. The van der Waals surface area contributed by atoms with E-state index in [0.29, 0.717) is 0 Å². The number of alkyl halides is 2. The quantitative estimate of drug-likeness (QED) is 0.292. The fraction of sp³-hybridized carbons (Fsp3) is 0.143. The van der Waals surface area contributed by atoms with E-state index in [1.807, 2.05) is 0 Å². The molecule has 2 aliphatic carbocycles. The SMILES string of the molecule is ClC(C1c2ccccc2-c2ccccc21)C(Cl)C1c2ccccc2-c2ccccc21. The topological polar surface area (TPSA) is 0 Å². The third kappa shape index (κ3) is 2.54. The van der Waals surface area contributed by atoms with Gasteiger partial charge in [-0.2, -0.15) is 0 Å². The Morgan fingerprint density at radius 2 is 0.633 bits per heavy atom. The minimum atomic E-state index is -0.235. The van der Waals surface area contributed by atoms with Crippen molar-refractivity contribution in [3.8, 4) is 22.3 Å². The van der Waals surface area contributed by atoms with E-state index in [9.17, 15) is 0 Å². The Labute approximate surface area is 187 Å². The molecule has 6 rings (SSSR count). The zero-order valence-electron chi connectivity index (χ0n) is 16.3. The summed E-state index contributed by atoms with van der Waals surface area (Å²) in [6.07, 6.45) is 0. The number of hydrogen-bond donors (Lipinski definition) is 0. The average molecular weight is 427 g/mol. The molecular formula is C28H20Cl2. The number of halogens is 2. The monoisotopic (exact) mass is 426 g/mol. The fourth-order valence-electron chi connectivity index (χ4n) is 5.44. The van der Waals surface area contributed by atoms with Crippen LogP contribution < -0.4 is 0 Å². The maximum Gasteiger partial charge on any atom is 0.0618 e. The Bertz CT molecular complexity index is 1070. The van der Waals surface area contributed by atoms with Crippen molar-refractivity contribution in [1.29, 1.82) is 0 Å². The second-order valence-electron chi connectivity index (χ2n) is 8.19. The molecule has 0 spiro atoms. The van der Waals surface area contributed by atoms with Crippen LogP contribution in [0.1, 0.15) is 34.1 Å². The summed E-state index contributed by atoms with van der Waals surface area (Å²) in [4.78, 5) is 0. The van der Waals surface area contributed by atoms with Crippen molar-refractivity contribution in [1.82, 2.24) is 0 Å². The first-order valence-electron chi connectivity index (χ1n) is 10.4. The van der Waals surface area contributed by atoms with E-state index >= 15 is 0 Å². The van der Waals surface area contributed by atoms with Crippen LogP contribution in [0.5, 0.6) is 0 Å². The van der Waals surface area contributed by atoms with E-state index in [4.69, 9.17) is 23.2 Å². The first kappa shape index (κ1) is 18.2. The van der Waals surface area contributed by atoms with Crippen molar-refractivity contribution in [2.24, 2.45) is 0 Å². The van der Waals surface area contributed by atoms with Gasteiger partial charge in [-0.15, -0.1) is 23.2 Å². The lowest BCUT2D eigenvalue weighted by Gasteiger charge is -2.29. The first-order valence-corrected chi connectivity index (χ1v) is 11.3. The summed E-state index contributed by atoms with van der Waals surface area (Å²) >= 11 is 14.5. The highest BCUT2D eigenvalue weighted by Crippen LogP contribution is 2.54. The standard InChI is InChI=1S/C28H20Cl2/c29-27(25-21-13-5-1-9-17(21)18-10-2-6-14-22(18)25)28(30)26-23-15-7-3-11-19(23)20-12-4-8-16-24(20)26/h1-16,25-28H. The minimum absolute atomic E-state index is 0.0847. The number of fused-ring (bicyclic) bond motifs is 6. The van der Waals surface area contributed by atoms with E-state index in [1.54, 1.807) is 0 Å². The highest BCUT2D eigenvalue weighted by Gasteiger charge is 2.42. The van der Waals surface area contributed by atoms with Gasteiger partial charge >= 0.3 is 0 Å². The molecule has 2 unspecified atom stereocenters. The van der Waals surface area contributed by atoms with Crippen molar-refractivity contribution in [2.45, 2.75) is 22.6 Å². The van der Waals surface area contributed by atoms with Crippen molar-refractivity contribution in [3.05, 3.63) is 119 Å². The van der Waals surface area contributed by atoms with Gasteiger partial charge in [-0.05, 0) is 44.5 Å². The van der Waals surface area contributed by atoms with Gasteiger partial charge in [0, 0.05) is 11.8 Å². The number of benzene rings is 4. The lowest BCUT2D eigenvalue weighted by Crippen LogP contribution is -2.28. The van der Waals surface area contributed by atoms with Crippen LogP contribution in [0.15, 0.2) is 97.1 Å². The van der Waals surface area contributed by atoms with Crippen LogP contribution in [0.2, 0.25) is 0 Å². The van der Waals surface area contributed by atoms with Crippen LogP contribution in [0.3, 0.4) is 0 Å². The summed E-state index contributed by atoms with van der Waals surface area (Å²) in [6, 6.07) is 34.4. The van der Waals surface area contributed by atoms with Crippen LogP contribution in [0, 0.1) is 0 Å². The highest BCUT2D eigenvalue weighted by atomic mass is 35.5. The van der Waals surface area contributed by atoms with Gasteiger partial charge in [0.15, 0.2) is 0 Å². The van der Waals surface area contributed by atoms with Gasteiger partial charge in [0.2, 0.25) is 0 Å². The third-order valence-corrected chi connectivity index (χ3v) is 7.88. The molecule has 30 heavy (non-hydrogen) atoms. The van der Waals surface area contributed by atoms with E-state index in [-0.39, 0.29) is 22.6 Å². The maximum atomic E-state index is 7.27. The van der Waals surface area contributed by atoms with Gasteiger partial charge in [-0.3, -0.25) is 0 Å². The highest BCUT2D eigenvalue weighted by molar-refractivity contribution is 6.31. The molecule has 0 nitrogen and oxygen atoms in total. The Morgan fingerprint density at radius 3 is 0.900 bits per heavy atom. The van der Waals surface area contributed by atoms with Crippen LogP contribution >= 0.6 is 23.2 Å². The third-order valence-electron chi connectivity index (χ3n) is 6.70. The lowest BCUT2D eigenvalue weighted by atomic mass is 9.84.